The highest BCUT2D eigenvalue weighted by Gasteiger charge is 2.41. The number of ether oxygens (including phenoxy) is 1. The second-order valence-corrected chi connectivity index (χ2v) is 4.74. The van der Waals surface area contributed by atoms with E-state index in [1.807, 2.05) is 11.8 Å². The maximum Gasteiger partial charge on any atom is 0.242 e. The lowest BCUT2D eigenvalue weighted by Gasteiger charge is -2.34. The number of nitrogens with one attached hydrogen (secondary N) is 1. The number of hydrogen-bond donors (Lipinski definition) is 1. The molecule has 1 fully saturated rings. The number of carbonyl (C=O) groups excluding carboxylic acids is 1. The molecule has 0 aromatic rings. The smallest absolute Gasteiger partial charge is 0.242 e. The summed E-state index contributed by atoms with van der Waals surface area (Å²) in [7, 11) is 1.67. The van der Waals surface area contributed by atoms with Crippen LogP contribution in [0.3, 0.4) is 0 Å². The molecule has 0 radical (unpaired) electrons. The van der Waals surface area contributed by atoms with Gasteiger partial charge in [-0.15, -0.1) is 0 Å². The molecule has 0 bridgehead atoms. The van der Waals surface area contributed by atoms with Crippen molar-refractivity contribution in [3.63, 3.8) is 0 Å². The van der Waals surface area contributed by atoms with Gasteiger partial charge in [-0.3, -0.25) is 4.79 Å². The van der Waals surface area contributed by atoms with Gasteiger partial charge in [0.05, 0.1) is 12.1 Å². The van der Waals surface area contributed by atoms with Crippen molar-refractivity contribution < 1.29 is 9.53 Å². The highest BCUT2D eigenvalue weighted by molar-refractivity contribution is 5.86. The van der Waals surface area contributed by atoms with Crippen molar-refractivity contribution in [2.45, 2.75) is 45.1 Å². The van der Waals surface area contributed by atoms with Crippen LogP contribution >= 0.6 is 0 Å². The molecule has 0 aliphatic carbocycles. The Labute approximate surface area is 105 Å². The van der Waals surface area contributed by atoms with Crippen LogP contribution in [-0.2, 0) is 9.53 Å². The van der Waals surface area contributed by atoms with Gasteiger partial charge in [0.15, 0.2) is 0 Å². The first kappa shape index (κ1) is 14.5. The summed E-state index contributed by atoms with van der Waals surface area (Å²) in [5, 5.41) is 3.43. The molecular formula is C13H26N2O2. The molecule has 100 valence electrons. The second-order valence-electron chi connectivity index (χ2n) is 4.74. The molecule has 0 aromatic heterocycles. The summed E-state index contributed by atoms with van der Waals surface area (Å²) >= 11 is 0. The first-order valence-electron chi connectivity index (χ1n) is 6.73. The normalized spacial score (nSPS) is 23.9. The van der Waals surface area contributed by atoms with Crippen LogP contribution in [0.15, 0.2) is 0 Å². The van der Waals surface area contributed by atoms with Crippen LogP contribution in [0, 0.1) is 0 Å². The summed E-state index contributed by atoms with van der Waals surface area (Å²) in [6.45, 7) is 7.20. The van der Waals surface area contributed by atoms with Gasteiger partial charge < -0.3 is 15.0 Å². The highest BCUT2D eigenvalue weighted by atomic mass is 16.5. The molecule has 0 saturated carbocycles. The molecule has 1 amide bonds. The number of amides is 1. The van der Waals surface area contributed by atoms with Crippen molar-refractivity contribution in [1.29, 1.82) is 0 Å². The lowest BCUT2D eigenvalue weighted by molar-refractivity contribution is -0.138. The summed E-state index contributed by atoms with van der Waals surface area (Å²) in [6, 6.07) is 0. The van der Waals surface area contributed by atoms with E-state index >= 15 is 0 Å². The molecular weight excluding hydrogens is 216 g/mol. The van der Waals surface area contributed by atoms with E-state index in [4.69, 9.17) is 4.74 Å². The van der Waals surface area contributed by atoms with Crippen LogP contribution in [0.2, 0.25) is 0 Å². The van der Waals surface area contributed by atoms with Crippen molar-refractivity contribution in [1.82, 2.24) is 10.2 Å². The quantitative estimate of drug-likeness (QED) is 0.734. The van der Waals surface area contributed by atoms with Crippen molar-refractivity contribution in [3.05, 3.63) is 0 Å². The van der Waals surface area contributed by atoms with Crippen molar-refractivity contribution >= 4 is 5.91 Å². The Bertz CT molecular complexity index is 238. The monoisotopic (exact) mass is 242 g/mol. The predicted octanol–water partition coefficient (Wildman–Crippen LogP) is 1.40. The number of carbonyl (C=O) groups is 1. The lowest BCUT2D eigenvalue weighted by atomic mass is 9.90. The van der Waals surface area contributed by atoms with Crippen LogP contribution < -0.4 is 5.32 Å². The summed E-state index contributed by atoms with van der Waals surface area (Å²) in [5.74, 6) is 0.261. The average molecular weight is 242 g/mol. The topological polar surface area (TPSA) is 41.6 Å². The first-order chi connectivity index (χ1) is 8.20. The Morgan fingerprint density at radius 2 is 2.24 bits per heavy atom. The molecule has 0 spiro atoms. The minimum Gasteiger partial charge on any atom is -0.383 e. The van der Waals surface area contributed by atoms with Gasteiger partial charge in [0.25, 0.3) is 0 Å². The number of likely N-dealkylation sites (N-methyl/N-ethyl adjacent to an activating group) is 1. The maximum atomic E-state index is 12.6. The summed E-state index contributed by atoms with van der Waals surface area (Å²) in [4.78, 5) is 14.5. The van der Waals surface area contributed by atoms with Crippen LogP contribution in [0.25, 0.3) is 0 Å². The van der Waals surface area contributed by atoms with Crippen molar-refractivity contribution in [3.8, 4) is 0 Å². The molecule has 1 N–H and O–H groups in total. The van der Waals surface area contributed by atoms with Gasteiger partial charge in [0.2, 0.25) is 5.91 Å². The van der Waals surface area contributed by atoms with Crippen molar-refractivity contribution in [2.24, 2.45) is 0 Å². The minimum atomic E-state index is -0.293. The van der Waals surface area contributed by atoms with Gasteiger partial charge in [-0.1, -0.05) is 13.3 Å². The van der Waals surface area contributed by atoms with Gasteiger partial charge in [0.1, 0.15) is 0 Å². The fourth-order valence-corrected chi connectivity index (χ4v) is 2.64. The van der Waals surface area contributed by atoms with Crippen LogP contribution in [-0.4, -0.2) is 49.7 Å². The van der Waals surface area contributed by atoms with Crippen molar-refractivity contribution in [2.75, 3.05) is 33.4 Å². The molecule has 1 rings (SSSR count). The van der Waals surface area contributed by atoms with E-state index < -0.39 is 0 Å². The van der Waals surface area contributed by atoms with Crippen LogP contribution in [0.4, 0.5) is 0 Å². The van der Waals surface area contributed by atoms with E-state index in [0.29, 0.717) is 13.2 Å². The predicted molar refractivity (Wildman–Crippen MR) is 69.0 cm³/mol. The second kappa shape index (κ2) is 6.97. The van der Waals surface area contributed by atoms with Gasteiger partial charge in [-0.05, 0) is 32.7 Å². The maximum absolute atomic E-state index is 12.6. The first-order valence-corrected chi connectivity index (χ1v) is 6.73. The number of nitrogens with zero attached hydrogens (tertiary/aromatic N) is 1. The third kappa shape index (κ3) is 3.42. The lowest BCUT2D eigenvalue weighted by Crippen LogP contribution is -2.55. The van der Waals surface area contributed by atoms with E-state index in [1.165, 1.54) is 0 Å². The van der Waals surface area contributed by atoms with Gasteiger partial charge in [-0.2, -0.15) is 0 Å². The molecule has 1 aliphatic heterocycles. The van der Waals surface area contributed by atoms with E-state index in [9.17, 15) is 4.79 Å². The zero-order valence-corrected chi connectivity index (χ0v) is 11.4. The number of hydrogen-bond acceptors (Lipinski definition) is 3. The number of methoxy groups -OCH3 is 1. The highest BCUT2D eigenvalue weighted by Crippen LogP contribution is 2.27. The fourth-order valence-electron chi connectivity index (χ4n) is 2.64. The third-order valence-electron chi connectivity index (χ3n) is 3.56. The summed E-state index contributed by atoms with van der Waals surface area (Å²) < 4.78 is 5.07. The summed E-state index contributed by atoms with van der Waals surface area (Å²) in [5.41, 5.74) is -0.293. The standard InChI is InChI=1S/C13H26N2O2/c1-4-7-13(8-6-9-14-13)12(16)15(5-2)10-11-17-3/h14H,4-11H2,1-3H3. The molecule has 4 nitrogen and oxygen atoms in total. The van der Waals surface area contributed by atoms with Gasteiger partial charge in [-0.25, -0.2) is 0 Å². The van der Waals surface area contributed by atoms with E-state index in [2.05, 4.69) is 12.2 Å². The molecule has 0 aromatic carbocycles. The molecule has 1 heterocycles. The Kier molecular flexibility index (Phi) is 5.92. The Morgan fingerprint density at radius 1 is 1.47 bits per heavy atom. The van der Waals surface area contributed by atoms with E-state index in [0.717, 1.165) is 38.8 Å². The summed E-state index contributed by atoms with van der Waals surface area (Å²) in [6.07, 6.45) is 4.06. The fraction of sp³-hybridized carbons (Fsp3) is 0.923. The largest absolute Gasteiger partial charge is 0.383 e. The van der Waals surface area contributed by atoms with Crippen LogP contribution in [0.5, 0.6) is 0 Å². The zero-order chi connectivity index (χ0) is 12.7. The SMILES string of the molecule is CCCC1(C(=O)N(CC)CCOC)CCCN1. The van der Waals surface area contributed by atoms with E-state index in [1.54, 1.807) is 7.11 Å². The molecule has 4 heteroatoms. The Hall–Kier alpha value is -0.610. The van der Waals surface area contributed by atoms with Crippen LogP contribution in [0.1, 0.15) is 39.5 Å². The molecule has 1 atom stereocenters. The minimum absolute atomic E-state index is 0.261. The number of rotatable bonds is 7. The molecule has 17 heavy (non-hydrogen) atoms. The van der Waals surface area contributed by atoms with Gasteiger partial charge in [0, 0.05) is 20.2 Å². The average Bonchev–Trinajstić information content (AvgIpc) is 2.80. The zero-order valence-electron chi connectivity index (χ0n) is 11.4. The Morgan fingerprint density at radius 3 is 2.71 bits per heavy atom. The van der Waals surface area contributed by atoms with Gasteiger partial charge >= 0.3 is 0 Å². The third-order valence-corrected chi connectivity index (χ3v) is 3.56. The van der Waals surface area contributed by atoms with E-state index in [-0.39, 0.29) is 11.4 Å². The molecule has 1 aliphatic rings. The Balaban J connectivity index is 2.68. The molecule has 1 saturated heterocycles. The molecule has 1 unspecified atom stereocenters.